The van der Waals surface area contributed by atoms with Crippen LogP contribution in [0, 0.1) is 105 Å². The van der Waals surface area contributed by atoms with E-state index in [0.29, 0.717) is 93.7 Å². The molecule has 658 valence electrons. The van der Waals surface area contributed by atoms with E-state index in [9.17, 15) is 19.2 Å². The van der Waals surface area contributed by atoms with Gasteiger partial charge in [0.15, 0.2) is 0 Å². The van der Waals surface area contributed by atoms with E-state index in [2.05, 4.69) is 69.2 Å². The summed E-state index contributed by atoms with van der Waals surface area (Å²) in [5.41, 5.74) is 5.25. The zero-order valence-electron chi connectivity index (χ0n) is 76.6. The quantitative estimate of drug-likeness (QED) is 0.0230. The molecule has 0 aromatic heterocycles. The van der Waals surface area contributed by atoms with Gasteiger partial charge in [-0.3, -0.25) is 19.2 Å². The highest BCUT2D eigenvalue weighted by molar-refractivity contribution is 5.81. The molecule has 0 amide bonds. The average Bonchev–Trinajstić information content (AvgIpc) is 1.46. The van der Waals surface area contributed by atoms with Crippen molar-refractivity contribution in [2.24, 2.45) is 105 Å². The van der Waals surface area contributed by atoms with Gasteiger partial charge in [-0.1, -0.05) is 234 Å². The zero-order chi connectivity index (χ0) is 84.0. The number of ether oxygens (including phenoxy) is 8. The summed E-state index contributed by atoms with van der Waals surface area (Å²) in [6.45, 7) is 25.4. The van der Waals surface area contributed by atoms with Crippen molar-refractivity contribution in [1.82, 2.24) is 0 Å². The van der Waals surface area contributed by atoms with Gasteiger partial charge in [-0.25, -0.2) is 0 Å². The summed E-state index contributed by atoms with van der Waals surface area (Å²) in [4.78, 5) is 52.5. The molecule has 118 heavy (non-hydrogen) atoms. The number of rotatable bonds is 46. The molecule has 8 aliphatic rings. The average molecular weight is 1630 g/mol. The SMILES string of the molecule is COc1cc(OC(=O)CCCCCCCCCCCC(=O)OC2CC[C@@]3(C)C(CC[C@H]4[C@@H]5CC[C@H]([C@H](C)CCCC(C)C)[C@@]5(C)CC[C@@H]43)C2)cc(OC)c1/C=C/c1ccc(/C=C/c2c(OC)cc(OC(=O)CCCCCCCCCCCC(=O)OC3CC[C@@]4(C)C(CC[C@H]5[C@@H]6CC[C@H]([C@H](C)CCCC(C)C)[C@@]6(C)CC[C@@H]54)C3)cc2OC)cc1. The van der Waals surface area contributed by atoms with Gasteiger partial charge >= 0.3 is 23.9 Å². The largest absolute Gasteiger partial charge is 0.496 e. The molecule has 0 saturated heterocycles. The monoisotopic (exact) mass is 1630 g/mol. The van der Waals surface area contributed by atoms with Crippen molar-refractivity contribution in [3.8, 4) is 34.5 Å². The van der Waals surface area contributed by atoms with Crippen LogP contribution in [-0.2, 0) is 28.7 Å². The Balaban J connectivity index is 0.504. The number of hydrogen-bond donors (Lipinski definition) is 0. The highest BCUT2D eigenvalue weighted by atomic mass is 16.6. The minimum Gasteiger partial charge on any atom is -0.496 e. The van der Waals surface area contributed by atoms with Gasteiger partial charge in [0.1, 0.15) is 46.7 Å². The Hall–Kier alpha value is -5.78. The van der Waals surface area contributed by atoms with Crippen LogP contribution in [0.1, 0.15) is 387 Å². The topological polar surface area (TPSA) is 142 Å². The predicted molar refractivity (Wildman–Crippen MR) is 482 cm³/mol. The fourth-order valence-corrected chi connectivity index (χ4v) is 26.5. The number of carbonyl (C=O) groups excluding carboxylic acids is 4. The molecule has 8 aliphatic carbocycles. The Kier molecular flexibility index (Phi) is 35.1. The highest BCUT2D eigenvalue weighted by Crippen LogP contribution is 2.71. The summed E-state index contributed by atoms with van der Waals surface area (Å²) in [5.74, 6) is 14.2. The van der Waals surface area contributed by atoms with Crippen LogP contribution in [0.5, 0.6) is 34.5 Å². The van der Waals surface area contributed by atoms with Crippen LogP contribution in [0.2, 0.25) is 0 Å². The van der Waals surface area contributed by atoms with Crippen molar-refractivity contribution in [2.45, 2.75) is 377 Å². The molecule has 3 aromatic rings. The van der Waals surface area contributed by atoms with Crippen LogP contribution in [-0.4, -0.2) is 64.5 Å². The molecule has 12 heteroatoms. The Morgan fingerprint density at radius 1 is 0.347 bits per heavy atom. The number of methoxy groups -OCH3 is 4. The Morgan fingerprint density at radius 3 is 0.975 bits per heavy atom. The third-order valence-corrected chi connectivity index (χ3v) is 33.1. The maximum absolute atomic E-state index is 13.2. The Bertz CT molecular complexity index is 3410. The number of unbranched alkanes of at least 4 members (excludes halogenated alkanes) is 16. The molecule has 18 atom stereocenters. The summed E-state index contributed by atoms with van der Waals surface area (Å²) < 4.78 is 47.3. The van der Waals surface area contributed by atoms with E-state index in [-0.39, 0.29) is 36.1 Å². The van der Waals surface area contributed by atoms with Gasteiger partial charge in [0.25, 0.3) is 0 Å². The van der Waals surface area contributed by atoms with Gasteiger partial charge in [0.05, 0.1) is 39.6 Å². The fourth-order valence-electron chi connectivity index (χ4n) is 26.5. The van der Waals surface area contributed by atoms with Crippen molar-refractivity contribution in [1.29, 1.82) is 0 Å². The summed E-state index contributed by atoms with van der Waals surface area (Å²) in [7, 11) is 6.39. The van der Waals surface area contributed by atoms with Crippen LogP contribution in [0.15, 0.2) is 48.5 Å². The third-order valence-electron chi connectivity index (χ3n) is 33.1. The summed E-state index contributed by atoms with van der Waals surface area (Å²) in [6.07, 6.45) is 60.6. The molecule has 0 spiro atoms. The molecule has 4 unspecified atom stereocenters. The van der Waals surface area contributed by atoms with Gasteiger partial charge in [0, 0.05) is 49.9 Å². The summed E-state index contributed by atoms with van der Waals surface area (Å²) in [5, 5.41) is 0. The van der Waals surface area contributed by atoms with E-state index in [4.69, 9.17) is 37.9 Å². The predicted octanol–water partition coefficient (Wildman–Crippen LogP) is 28.5. The first-order valence-electron chi connectivity index (χ1n) is 48.7. The van der Waals surface area contributed by atoms with Gasteiger partial charge in [-0.15, -0.1) is 0 Å². The normalized spacial score (nSPS) is 29.6. The molecule has 0 radical (unpaired) electrons. The van der Waals surface area contributed by atoms with Crippen LogP contribution >= 0.6 is 0 Å². The Morgan fingerprint density at radius 2 is 0.653 bits per heavy atom. The summed E-state index contributed by atoms with van der Waals surface area (Å²) >= 11 is 0. The van der Waals surface area contributed by atoms with Crippen LogP contribution < -0.4 is 28.4 Å². The van der Waals surface area contributed by atoms with Crippen LogP contribution in [0.4, 0.5) is 0 Å². The van der Waals surface area contributed by atoms with E-state index >= 15 is 0 Å². The van der Waals surface area contributed by atoms with E-state index < -0.39 is 0 Å². The van der Waals surface area contributed by atoms with Crippen molar-refractivity contribution < 1.29 is 57.1 Å². The molecule has 0 bridgehead atoms. The fraction of sp³-hybridized carbons (Fsp3) is 0.755. The van der Waals surface area contributed by atoms with E-state index in [1.807, 2.05) is 48.6 Å². The Labute approximate surface area is 716 Å². The van der Waals surface area contributed by atoms with Gasteiger partial charge in [0.2, 0.25) is 0 Å². The van der Waals surface area contributed by atoms with Crippen LogP contribution in [0.3, 0.4) is 0 Å². The van der Waals surface area contributed by atoms with E-state index in [0.717, 1.165) is 209 Å². The summed E-state index contributed by atoms with van der Waals surface area (Å²) in [6, 6.07) is 15.0. The lowest BCUT2D eigenvalue weighted by Gasteiger charge is -2.61. The number of carbonyl (C=O) groups is 4. The van der Waals surface area contributed by atoms with Gasteiger partial charge in [-0.2, -0.15) is 0 Å². The van der Waals surface area contributed by atoms with E-state index in [1.165, 1.54) is 154 Å². The third kappa shape index (κ3) is 24.0. The lowest BCUT2D eigenvalue weighted by atomic mass is 9.44. The molecule has 11 rings (SSSR count). The number of esters is 4. The number of benzene rings is 3. The maximum Gasteiger partial charge on any atom is 0.311 e. The smallest absolute Gasteiger partial charge is 0.311 e. The van der Waals surface area contributed by atoms with Crippen molar-refractivity contribution >= 4 is 48.2 Å². The zero-order valence-corrected chi connectivity index (χ0v) is 76.6. The minimum atomic E-state index is -0.277. The highest BCUT2D eigenvalue weighted by Gasteiger charge is 2.63. The molecule has 0 N–H and O–H groups in total. The lowest BCUT2D eigenvalue weighted by molar-refractivity contribution is -0.163. The molecule has 0 heterocycles. The van der Waals surface area contributed by atoms with Crippen molar-refractivity contribution in [3.63, 3.8) is 0 Å². The standard InChI is InChI=1S/C106H162O12/c1-73(2)35-33-37-75(5)89-55-57-91-85-53-49-79-67-81(59-63-103(79,7)93(85)61-65-105(89,91)9)115-99(107)39-29-25-21-17-15-19-23-27-31-41-101(109)117-83-69-95(111-11)87(96(70-83)112-12)51-47-77-43-45-78(46-44-77)48-52-88-97(113-13)71-84(72-98(88)114-14)118-102(110)42-32-28-24-20-16-18-22-26-30-40-100(108)116-82-60-64-104(8)80(68-82)50-54-86-92-58-56-90(76(6)38-34-36-74(3)4)106(92,10)66-62-94(86)104/h43-48,51-52,69-76,79-82,85-86,89-94H,15-42,49-50,53-68H2,1-14H3/b51-47+,52-48+/t75-,76-,79?,80?,81?,82?,85+,86+,89-,90-,91+,92+,93+,94+,103+,104+,105-,106-/m1/s1. The second-order valence-corrected chi connectivity index (χ2v) is 41.3. The van der Waals surface area contributed by atoms with Crippen molar-refractivity contribution in [3.05, 3.63) is 70.8 Å². The molecule has 8 saturated carbocycles. The number of fused-ring (bicyclic) bond motifs is 10. The van der Waals surface area contributed by atoms with Gasteiger partial charge in [-0.05, 0) is 269 Å². The minimum absolute atomic E-state index is 0.0186. The molecule has 8 fully saturated rings. The first-order chi connectivity index (χ1) is 56.9. The van der Waals surface area contributed by atoms with Crippen molar-refractivity contribution in [2.75, 3.05) is 28.4 Å². The molecular weight excluding hydrogens is 1470 g/mol. The van der Waals surface area contributed by atoms with E-state index in [1.54, 1.807) is 52.7 Å². The van der Waals surface area contributed by atoms with Crippen LogP contribution in [0.25, 0.3) is 24.3 Å². The molecule has 0 aliphatic heterocycles. The lowest BCUT2D eigenvalue weighted by Crippen LogP contribution is -2.54. The molecule has 12 nitrogen and oxygen atoms in total. The number of hydrogen-bond acceptors (Lipinski definition) is 12. The molecule has 3 aromatic carbocycles. The first kappa shape index (κ1) is 92.9. The van der Waals surface area contributed by atoms with Gasteiger partial charge < -0.3 is 37.9 Å². The molecular formula is C106H162O12. The second kappa shape index (κ2) is 44.5. The second-order valence-electron chi connectivity index (χ2n) is 41.3. The maximum atomic E-state index is 13.2. The first-order valence-corrected chi connectivity index (χ1v) is 48.7.